The molecule has 0 saturated heterocycles. The number of carbonyl (C=O) groups excluding carboxylic acids is 1. The molecule has 0 fully saturated rings. The van der Waals surface area contributed by atoms with Crippen LogP contribution in [0, 0.1) is 0 Å². The van der Waals surface area contributed by atoms with Crippen molar-refractivity contribution < 1.29 is 14.7 Å². The monoisotopic (exact) mass is 127 g/mol. The highest BCUT2D eigenvalue weighted by atomic mass is 16.4. The Bertz CT molecular complexity index is 111. The Kier molecular flexibility index (Phi) is 3.51. The molecule has 1 amide bonds. The zero-order valence-corrected chi connectivity index (χ0v) is 4.76. The number of carbonyl (C=O) groups is 2. The molecular formula is C4H6BNO3. The molecule has 0 aromatic rings. The number of hydrogen-bond donors (Lipinski definition) is 2. The third-order valence-electron chi connectivity index (χ3n) is 0.638. The molecule has 48 valence electrons. The van der Waals surface area contributed by atoms with Gasteiger partial charge < -0.3 is 10.4 Å². The summed E-state index contributed by atoms with van der Waals surface area (Å²) in [6.45, 7) is 0.0880. The maximum absolute atomic E-state index is 9.90. The van der Waals surface area contributed by atoms with Gasteiger partial charge in [0.05, 0.1) is 6.42 Å². The van der Waals surface area contributed by atoms with Crippen LogP contribution in [0.25, 0.3) is 0 Å². The molecule has 0 spiro atoms. The van der Waals surface area contributed by atoms with E-state index in [-0.39, 0.29) is 13.0 Å². The van der Waals surface area contributed by atoms with Crippen molar-refractivity contribution in [3.05, 3.63) is 0 Å². The average Bonchev–Trinajstić information content (AvgIpc) is 1.63. The Balaban J connectivity index is 3.10. The fraction of sp³-hybridized carbons (Fsp3) is 0.500. The van der Waals surface area contributed by atoms with Crippen LogP contribution >= 0.6 is 0 Å². The lowest BCUT2D eigenvalue weighted by Gasteiger charge is -1.95. The van der Waals surface area contributed by atoms with Gasteiger partial charge in [0.1, 0.15) is 0 Å². The maximum Gasteiger partial charge on any atom is 0.305 e. The van der Waals surface area contributed by atoms with Crippen LogP contribution in [0.4, 0.5) is 4.79 Å². The van der Waals surface area contributed by atoms with Crippen molar-refractivity contribution in [2.75, 3.05) is 6.54 Å². The fourth-order valence-corrected chi connectivity index (χ4v) is 0.293. The van der Waals surface area contributed by atoms with Crippen LogP contribution in [-0.2, 0) is 4.79 Å². The third-order valence-corrected chi connectivity index (χ3v) is 0.638. The van der Waals surface area contributed by atoms with Crippen molar-refractivity contribution in [2.45, 2.75) is 6.42 Å². The Morgan fingerprint density at radius 3 is 2.44 bits per heavy atom. The molecule has 9 heavy (non-hydrogen) atoms. The zero-order chi connectivity index (χ0) is 7.28. The molecule has 2 N–H and O–H groups in total. The molecule has 5 heteroatoms. The van der Waals surface area contributed by atoms with Crippen LogP contribution in [0.3, 0.4) is 0 Å². The standard InChI is InChI=1S/C4H6BNO3/c5-4(9)6-2-1-3(7)8/h1-2H2,(H,6,9)(H,7,8). The van der Waals surface area contributed by atoms with Crippen molar-refractivity contribution in [3.63, 3.8) is 0 Å². The first-order valence-electron chi connectivity index (χ1n) is 2.38. The largest absolute Gasteiger partial charge is 0.481 e. The highest BCUT2D eigenvalue weighted by Gasteiger charge is 1.95. The molecule has 0 saturated carbocycles. The van der Waals surface area contributed by atoms with Crippen molar-refractivity contribution in [3.8, 4) is 0 Å². The quantitative estimate of drug-likeness (QED) is 0.494. The molecule has 0 aliphatic carbocycles. The summed E-state index contributed by atoms with van der Waals surface area (Å²) in [4.78, 5) is 19.7. The van der Waals surface area contributed by atoms with Gasteiger partial charge in [0.25, 0.3) is 0 Å². The highest BCUT2D eigenvalue weighted by Crippen LogP contribution is 1.73. The van der Waals surface area contributed by atoms with Gasteiger partial charge in [-0.05, 0) is 0 Å². The fourth-order valence-electron chi connectivity index (χ4n) is 0.293. The van der Waals surface area contributed by atoms with Crippen LogP contribution < -0.4 is 5.32 Å². The first-order chi connectivity index (χ1) is 4.13. The van der Waals surface area contributed by atoms with E-state index in [0.717, 1.165) is 0 Å². The lowest BCUT2D eigenvalue weighted by molar-refractivity contribution is -0.136. The van der Waals surface area contributed by atoms with Gasteiger partial charge >= 0.3 is 5.97 Å². The molecule has 0 aliphatic rings. The normalized spacial score (nSPS) is 8.44. The van der Waals surface area contributed by atoms with Crippen LogP contribution in [0.5, 0.6) is 0 Å². The molecule has 0 atom stereocenters. The summed E-state index contributed by atoms with van der Waals surface area (Å²) < 4.78 is 0. The van der Waals surface area contributed by atoms with Gasteiger partial charge in [-0.2, -0.15) is 0 Å². The average molecular weight is 127 g/mol. The van der Waals surface area contributed by atoms with Crippen molar-refractivity contribution in [1.29, 1.82) is 0 Å². The number of nitrogens with one attached hydrogen (secondary N) is 1. The Morgan fingerprint density at radius 2 is 2.11 bits per heavy atom. The summed E-state index contributed by atoms with van der Waals surface area (Å²) in [5.74, 6) is -1.65. The van der Waals surface area contributed by atoms with Gasteiger partial charge in [-0.3, -0.25) is 9.59 Å². The summed E-state index contributed by atoms with van der Waals surface area (Å²) >= 11 is 0. The molecule has 0 unspecified atom stereocenters. The molecule has 0 bridgehead atoms. The van der Waals surface area contributed by atoms with Crippen LogP contribution in [0.15, 0.2) is 0 Å². The predicted molar refractivity (Wildman–Crippen MR) is 31.4 cm³/mol. The summed E-state index contributed by atoms with van der Waals surface area (Å²) in [5, 5.41) is 10.2. The minimum atomic E-state index is -0.955. The lowest BCUT2D eigenvalue weighted by Crippen LogP contribution is -2.24. The molecular weight excluding hydrogens is 121 g/mol. The van der Waals surface area contributed by atoms with Gasteiger partial charge in [0.2, 0.25) is 0 Å². The molecule has 4 nitrogen and oxygen atoms in total. The van der Waals surface area contributed by atoms with Gasteiger partial charge in [0.15, 0.2) is 13.7 Å². The van der Waals surface area contributed by atoms with E-state index in [2.05, 4.69) is 13.2 Å². The molecule has 0 aliphatic heterocycles. The summed E-state index contributed by atoms with van der Waals surface area (Å²) in [7, 11) is 4.64. The van der Waals surface area contributed by atoms with E-state index >= 15 is 0 Å². The highest BCUT2D eigenvalue weighted by molar-refractivity contribution is 6.57. The van der Waals surface area contributed by atoms with Crippen LogP contribution in [0.2, 0.25) is 0 Å². The van der Waals surface area contributed by atoms with E-state index < -0.39 is 11.8 Å². The molecule has 0 heterocycles. The second kappa shape index (κ2) is 3.94. The van der Waals surface area contributed by atoms with Gasteiger partial charge in [-0.1, -0.05) is 0 Å². The smallest absolute Gasteiger partial charge is 0.305 e. The van der Waals surface area contributed by atoms with Crippen LogP contribution in [-0.4, -0.2) is 31.3 Å². The van der Waals surface area contributed by atoms with E-state index in [1.165, 1.54) is 0 Å². The van der Waals surface area contributed by atoms with Gasteiger partial charge in [-0.15, -0.1) is 0 Å². The van der Waals surface area contributed by atoms with Gasteiger partial charge in [0, 0.05) is 6.54 Å². The summed E-state index contributed by atoms with van der Waals surface area (Å²) in [5.41, 5.74) is 0. The van der Waals surface area contributed by atoms with Crippen LogP contribution in [0.1, 0.15) is 6.42 Å². The number of aliphatic carboxylic acids is 1. The summed E-state index contributed by atoms with van der Waals surface area (Å²) in [6, 6.07) is 0. The Hall–Kier alpha value is -0.995. The Morgan fingerprint density at radius 1 is 1.56 bits per heavy atom. The predicted octanol–water partition coefficient (Wildman–Crippen LogP) is -0.661. The minimum absolute atomic E-state index is 0.0880. The molecule has 2 radical (unpaired) electrons. The zero-order valence-electron chi connectivity index (χ0n) is 4.76. The SMILES string of the molecule is [B]C(=O)NCCC(=O)O. The summed E-state index contributed by atoms with van der Waals surface area (Å²) in [6.07, 6.45) is -0.0943. The number of amides is 1. The van der Waals surface area contributed by atoms with Crippen molar-refractivity contribution >= 4 is 19.6 Å². The second-order valence-electron chi connectivity index (χ2n) is 1.43. The third kappa shape index (κ3) is 7.00. The van der Waals surface area contributed by atoms with Crippen molar-refractivity contribution in [2.24, 2.45) is 0 Å². The number of hydrogen-bond acceptors (Lipinski definition) is 2. The van der Waals surface area contributed by atoms with E-state index in [4.69, 9.17) is 5.11 Å². The number of carboxylic acid groups (broad SMARTS) is 1. The van der Waals surface area contributed by atoms with Gasteiger partial charge in [-0.25, -0.2) is 0 Å². The maximum atomic E-state index is 9.90. The van der Waals surface area contributed by atoms with E-state index in [0.29, 0.717) is 0 Å². The van der Waals surface area contributed by atoms with E-state index in [9.17, 15) is 9.59 Å². The first-order valence-corrected chi connectivity index (χ1v) is 2.38. The topological polar surface area (TPSA) is 66.4 Å². The first kappa shape index (κ1) is 8.00. The molecule has 0 aromatic carbocycles. The lowest BCUT2D eigenvalue weighted by atomic mass is 10.1. The molecule has 0 aromatic heterocycles. The number of carboxylic acids is 1. The Labute approximate surface area is 53.7 Å². The minimum Gasteiger partial charge on any atom is -0.481 e. The van der Waals surface area contributed by atoms with Crippen molar-refractivity contribution in [1.82, 2.24) is 5.32 Å². The number of rotatable bonds is 3. The van der Waals surface area contributed by atoms with E-state index in [1.54, 1.807) is 0 Å². The molecule has 0 rings (SSSR count). The van der Waals surface area contributed by atoms with E-state index in [1.807, 2.05) is 0 Å². The second-order valence-corrected chi connectivity index (χ2v) is 1.43.